The number of carboxylic acid groups (broad SMARTS) is 2. The number of hydrogen-bond acceptors (Lipinski definition) is 5. The molecule has 0 rings (SSSR count). The molecule has 1 atom stereocenters. The lowest BCUT2D eigenvalue weighted by Crippen LogP contribution is -2.48. The van der Waals surface area contributed by atoms with Crippen LogP contribution in [0, 0.1) is 5.41 Å². The van der Waals surface area contributed by atoms with Crippen LogP contribution in [0.3, 0.4) is 0 Å². The van der Waals surface area contributed by atoms with Crippen molar-refractivity contribution in [3.8, 4) is 0 Å². The third kappa shape index (κ3) is 30.7. The number of ether oxygens (including phenoxy) is 2. The van der Waals surface area contributed by atoms with Gasteiger partial charge in [-0.05, 0) is 78.2 Å². The van der Waals surface area contributed by atoms with Gasteiger partial charge in [-0.2, -0.15) is 0 Å². The average molecular weight is 736 g/mol. The first kappa shape index (κ1) is 50.3. The van der Waals surface area contributed by atoms with E-state index in [0.717, 1.165) is 77.4 Å². The van der Waals surface area contributed by atoms with Crippen LogP contribution in [0.1, 0.15) is 207 Å². The maximum Gasteiger partial charge on any atom is 0.310 e. The van der Waals surface area contributed by atoms with Crippen LogP contribution < -0.4 is 5.32 Å². The van der Waals surface area contributed by atoms with Crippen molar-refractivity contribution in [2.75, 3.05) is 33.5 Å². The predicted molar refractivity (Wildman–Crippen MR) is 220 cm³/mol. The van der Waals surface area contributed by atoms with E-state index in [0.29, 0.717) is 32.5 Å². The van der Waals surface area contributed by atoms with Crippen LogP contribution in [0.5, 0.6) is 0 Å². The summed E-state index contributed by atoms with van der Waals surface area (Å²) in [5.74, 6) is -1.32. The third-order valence-electron chi connectivity index (χ3n) is 10.6. The highest BCUT2D eigenvalue weighted by atomic mass is 16.5. The van der Waals surface area contributed by atoms with Crippen LogP contribution in [-0.4, -0.2) is 61.2 Å². The Balaban J connectivity index is 4.22. The second kappa shape index (κ2) is 36.3. The second-order valence-corrected chi connectivity index (χ2v) is 15.7. The van der Waals surface area contributed by atoms with E-state index >= 15 is 0 Å². The molecule has 0 spiro atoms. The summed E-state index contributed by atoms with van der Waals surface area (Å²) in [5, 5.41) is 22.5. The van der Waals surface area contributed by atoms with Gasteiger partial charge in [0.1, 0.15) is 0 Å². The van der Waals surface area contributed by atoms with Crippen molar-refractivity contribution in [1.82, 2.24) is 5.32 Å². The number of likely N-dealkylation sites (N-methyl/N-ethyl adjacent to an activating group) is 1. The molecule has 0 amide bonds. The van der Waals surface area contributed by atoms with Gasteiger partial charge in [0.2, 0.25) is 0 Å². The fourth-order valence-corrected chi connectivity index (χ4v) is 6.67. The first-order valence-electron chi connectivity index (χ1n) is 21.8. The molecule has 7 nitrogen and oxygen atoms in total. The van der Waals surface area contributed by atoms with Crippen LogP contribution >= 0.6 is 0 Å². The van der Waals surface area contributed by atoms with Crippen LogP contribution in [-0.2, 0) is 19.1 Å². The smallest absolute Gasteiger partial charge is 0.310 e. The molecule has 0 aromatic rings. The Hall–Kier alpha value is -1.70. The van der Waals surface area contributed by atoms with Crippen molar-refractivity contribution in [2.45, 2.75) is 213 Å². The van der Waals surface area contributed by atoms with E-state index in [1.54, 1.807) is 0 Å². The lowest BCUT2D eigenvalue weighted by Gasteiger charge is -2.28. The zero-order valence-electron chi connectivity index (χ0n) is 34.7. The Bertz CT molecular complexity index is 850. The molecule has 0 aromatic heterocycles. The first-order valence-corrected chi connectivity index (χ1v) is 21.8. The van der Waals surface area contributed by atoms with Gasteiger partial charge in [0.05, 0.1) is 24.2 Å². The molecular formula is C45H85NO6. The van der Waals surface area contributed by atoms with E-state index in [-0.39, 0.29) is 5.54 Å². The van der Waals surface area contributed by atoms with E-state index < -0.39 is 17.4 Å². The molecule has 0 aliphatic rings. The molecule has 0 aliphatic heterocycles. The summed E-state index contributed by atoms with van der Waals surface area (Å²) in [7, 11) is 1.97. The number of nitrogens with one attached hydrogen (secondary N) is 1. The Kier molecular flexibility index (Phi) is 35.1. The molecule has 3 N–H and O–H groups in total. The minimum Gasteiger partial charge on any atom is -0.481 e. The zero-order chi connectivity index (χ0) is 38.4. The van der Waals surface area contributed by atoms with Crippen LogP contribution in [0.2, 0.25) is 0 Å². The lowest BCUT2D eigenvalue weighted by atomic mass is 9.76. The standard InChI is InChI=1S/C45H85NO6/c1-5-7-9-11-17-23-29-35-45(43(49)50,36-30-24-18-12-10-8-6-2)37-31-25-19-15-21-27-33-39-52-41-44(3,46-4)40-51-38-32-26-20-14-13-16-22-28-34-42(47)48/h23-24,29-30,46H,5-22,25-28,31-41H2,1-4H3,(H,47,48)(H,49,50)/b29-23-,30-24-. The maximum absolute atomic E-state index is 12.7. The summed E-state index contributed by atoms with van der Waals surface area (Å²) in [6.07, 6.45) is 39.9. The highest BCUT2D eigenvalue weighted by Gasteiger charge is 2.35. The number of hydrogen-bond donors (Lipinski definition) is 3. The summed E-state index contributed by atoms with van der Waals surface area (Å²) < 4.78 is 12.0. The number of aliphatic carboxylic acids is 2. The van der Waals surface area contributed by atoms with E-state index in [2.05, 4.69) is 50.4 Å². The summed E-state index contributed by atoms with van der Waals surface area (Å²) in [6.45, 7) is 9.45. The quantitative estimate of drug-likeness (QED) is 0.0424. The van der Waals surface area contributed by atoms with Gasteiger partial charge in [0, 0.05) is 19.6 Å². The lowest BCUT2D eigenvalue weighted by molar-refractivity contribution is -0.149. The molecular weight excluding hydrogens is 650 g/mol. The van der Waals surface area contributed by atoms with Crippen molar-refractivity contribution in [2.24, 2.45) is 5.41 Å². The van der Waals surface area contributed by atoms with E-state index in [1.165, 1.54) is 103 Å². The SMILES string of the molecule is CCCCCC/C=C\CC(C/C=C\CCCCCC)(CCCCCCCCCOCC(C)(COCCCCCCCCCCC(=O)O)NC)C(=O)O. The molecule has 0 heterocycles. The molecule has 7 heteroatoms. The highest BCUT2D eigenvalue weighted by molar-refractivity contribution is 5.75. The minimum atomic E-state index is -0.688. The first-order chi connectivity index (χ1) is 25.2. The van der Waals surface area contributed by atoms with Crippen molar-refractivity contribution in [3.63, 3.8) is 0 Å². The monoisotopic (exact) mass is 736 g/mol. The molecule has 0 bridgehead atoms. The van der Waals surface area contributed by atoms with E-state index in [1.807, 2.05) is 7.05 Å². The van der Waals surface area contributed by atoms with Gasteiger partial charge >= 0.3 is 11.9 Å². The van der Waals surface area contributed by atoms with Crippen LogP contribution in [0.25, 0.3) is 0 Å². The number of rotatable bonds is 41. The molecule has 1 unspecified atom stereocenters. The number of carboxylic acids is 2. The highest BCUT2D eigenvalue weighted by Crippen LogP contribution is 2.35. The van der Waals surface area contributed by atoms with Gasteiger partial charge in [0.15, 0.2) is 0 Å². The topological polar surface area (TPSA) is 105 Å². The fourth-order valence-electron chi connectivity index (χ4n) is 6.67. The molecule has 0 aromatic carbocycles. The number of carbonyl (C=O) groups is 2. The average Bonchev–Trinajstić information content (AvgIpc) is 3.12. The van der Waals surface area contributed by atoms with Crippen molar-refractivity contribution >= 4 is 11.9 Å². The fraction of sp³-hybridized carbons (Fsp3) is 0.867. The molecule has 52 heavy (non-hydrogen) atoms. The Labute approximate surface area is 321 Å². The summed E-state index contributed by atoms with van der Waals surface area (Å²) in [5.41, 5.74) is -0.868. The summed E-state index contributed by atoms with van der Waals surface area (Å²) in [4.78, 5) is 23.2. The Morgan fingerprint density at radius 2 is 0.962 bits per heavy atom. The van der Waals surface area contributed by atoms with Gasteiger partial charge in [-0.3, -0.25) is 9.59 Å². The molecule has 306 valence electrons. The zero-order valence-corrected chi connectivity index (χ0v) is 34.7. The van der Waals surface area contributed by atoms with Crippen LogP contribution in [0.4, 0.5) is 0 Å². The van der Waals surface area contributed by atoms with E-state index in [9.17, 15) is 14.7 Å². The molecule has 0 saturated heterocycles. The molecule has 0 radical (unpaired) electrons. The van der Waals surface area contributed by atoms with Gasteiger partial charge < -0.3 is 25.0 Å². The van der Waals surface area contributed by atoms with E-state index in [4.69, 9.17) is 14.6 Å². The molecule has 0 aliphatic carbocycles. The van der Waals surface area contributed by atoms with Gasteiger partial charge in [-0.25, -0.2) is 0 Å². The maximum atomic E-state index is 12.7. The molecule has 0 fully saturated rings. The Morgan fingerprint density at radius 3 is 1.37 bits per heavy atom. The third-order valence-corrected chi connectivity index (χ3v) is 10.6. The Morgan fingerprint density at radius 1 is 0.558 bits per heavy atom. The van der Waals surface area contributed by atoms with Crippen molar-refractivity contribution < 1.29 is 29.3 Å². The van der Waals surface area contributed by atoms with Gasteiger partial charge in [0.25, 0.3) is 0 Å². The van der Waals surface area contributed by atoms with Crippen molar-refractivity contribution in [1.29, 1.82) is 0 Å². The normalized spacial score (nSPS) is 13.4. The van der Waals surface area contributed by atoms with Crippen molar-refractivity contribution in [3.05, 3.63) is 24.3 Å². The second-order valence-electron chi connectivity index (χ2n) is 15.7. The minimum absolute atomic E-state index is 0.185. The number of allylic oxidation sites excluding steroid dienone is 4. The predicted octanol–water partition coefficient (Wildman–Crippen LogP) is 12.6. The summed E-state index contributed by atoms with van der Waals surface area (Å²) in [6, 6.07) is 0. The van der Waals surface area contributed by atoms with Crippen LogP contribution in [0.15, 0.2) is 24.3 Å². The molecule has 0 saturated carbocycles. The largest absolute Gasteiger partial charge is 0.481 e. The number of unbranched alkanes of at least 4 members (excludes halogenated alkanes) is 21. The summed E-state index contributed by atoms with van der Waals surface area (Å²) >= 11 is 0. The van der Waals surface area contributed by atoms with Gasteiger partial charge in [-0.15, -0.1) is 0 Å². The van der Waals surface area contributed by atoms with Gasteiger partial charge in [-0.1, -0.05) is 154 Å².